The van der Waals surface area contributed by atoms with Crippen LogP contribution in [0.4, 0.5) is 10.1 Å². The predicted molar refractivity (Wildman–Crippen MR) is 63.9 cm³/mol. The Labute approximate surface area is 100 Å². The van der Waals surface area contributed by atoms with Crippen molar-refractivity contribution in [3.05, 3.63) is 24.0 Å². The Hall–Kier alpha value is -1.14. The Morgan fingerprint density at radius 2 is 2.24 bits per heavy atom. The molecule has 0 atom stereocenters. The summed E-state index contributed by atoms with van der Waals surface area (Å²) < 4.78 is 39.1. The number of nitrogens with zero attached hydrogens (tertiary/aromatic N) is 1. The normalized spacial score (nSPS) is 19.2. The Morgan fingerprint density at radius 1 is 1.47 bits per heavy atom. The van der Waals surface area contributed by atoms with Crippen molar-refractivity contribution < 1.29 is 12.8 Å². The Kier molecular flexibility index (Phi) is 3.35. The third kappa shape index (κ3) is 2.28. The first-order valence-corrected chi connectivity index (χ1v) is 7.03. The largest absolute Gasteiger partial charge is 0.383 e. The van der Waals surface area contributed by atoms with E-state index in [2.05, 4.69) is 5.32 Å². The summed E-state index contributed by atoms with van der Waals surface area (Å²) >= 11 is 0. The lowest BCUT2D eigenvalue weighted by molar-refractivity contribution is 0.425. The van der Waals surface area contributed by atoms with Crippen molar-refractivity contribution in [1.29, 1.82) is 0 Å². The van der Waals surface area contributed by atoms with Crippen LogP contribution in [0.2, 0.25) is 0 Å². The first-order valence-electron chi connectivity index (χ1n) is 5.59. The number of rotatable bonds is 2. The molecule has 0 bridgehead atoms. The molecule has 1 aliphatic heterocycles. The molecule has 17 heavy (non-hydrogen) atoms. The summed E-state index contributed by atoms with van der Waals surface area (Å²) in [6, 6.07) is 3.81. The molecule has 0 aromatic heterocycles. The van der Waals surface area contributed by atoms with E-state index in [4.69, 9.17) is 0 Å². The monoisotopic (exact) mass is 258 g/mol. The van der Waals surface area contributed by atoms with E-state index >= 15 is 0 Å². The lowest BCUT2D eigenvalue weighted by Gasteiger charge is -2.18. The zero-order chi connectivity index (χ0) is 12.5. The second-order valence-corrected chi connectivity index (χ2v) is 5.88. The van der Waals surface area contributed by atoms with Crippen LogP contribution in [-0.4, -0.2) is 32.4 Å². The van der Waals surface area contributed by atoms with Crippen molar-refractivity contribution in [2.75, 3.05) is 25.0 Å². The number of nitrogens with one attached hydrogen (secondary N) is 1. The van der Waals surface area contributed by atoms with E-state index in [0.29, 0.717) is 25.3 Å². The molecule has 0 saturated heterocycles. The van der Waals surface area contributed by atoms with E-state index in [1.807, 2.05) is 6.92 Å². The van der Waals surface area contributed by atoms with Crippen LogP contribution >= 0.6 is 0 Å². The van der Waals surface area contributed by atoms with Gasteiger partial charge in [0, 0.05) is 19.6 Å². The van der Waals surface area contributed by atoms with Crippen LogP contribution in [0.25, 0.3) is 0 Å². The Bertz CT molecular complexity index is 516. The highest BCUT2D eigenvalue weighted by Crippen LogP contribution is 2.27. The number of halogens is 1. The van der Waals surface area contributed by atoms with Gasteiger partial charge in [-0.2, -0.15) is 4.31 Å². The van der Waals surface area contributed by atoms with Crippen LogP contribution in [0.3, 0.4) is 0 Å². The number of anilines is 1. The second kappa shape index (κ2) is 4.62. The van der Waals surface area contributed by atoms with Gasteiger partial charge < -0.3 is 5.32 Å². The highest BCUT2D eigenvalue weighted by Gasteiger charge is 2.29. The Morgan fingerprint density at radius 3 is 2.94 bits per heavy atom. The molecular formula is C11H15FN2O2S. The van der Waals surface area contributed by atoms with Gasteiger partial charge >= 0.3 is 0 Å². The van der Waals surface area contributed by atoms with Gasteiger partial charge in [-0.1, -0.05) is 6.92 Å². The molecular weight excluding hydrogens is 243 g/mol. The maximum Gasteiger partial charge on any atom is 0.245 e. The molecule has 94 valence electrons. The lowest BCUT2D eigenvalue weighted by atomic mass is 10.3. The lowest BCUT2D eigenvalue weighted by Crippen LogP contribution is -2.33. The van der Waals surface area contributed by atoms with Crippen LogP contribution in [0.1, 0.15) is 13.3 Å². The summed E-state index contributed by atoms with van der Waals surface area (Å²) in [6.45, 7) is 3.32. The molecule has 0 spiro atoms. The summed E-state index contributed by atoms with van der Waals surface area (Å²) in [4.78, 5) is 0.0310. The van der Waals surface area contributed by atoms with E-state index in [1.165, 1.54) is 16.4 Å². The summed E-state index contributed by atoms with van der Waals surface area (Å²) in [5.41, 5.74) is 0.477. The van der Waals surface area contributed by atoms with Crippen LogP contribution in [0, 0.1) is 5.82 Å². The predicted octanol–water partition coefficient (Wildman–Crippen LogP) is 1.65. The molecule has 6 heteroatoms. The fourth-order valence-electron chi connectivity index (χ4n) is 1.91. The van der Waals surface area contributed by atoms with Crippen LogP contribution < -0.4 is 5.32 Å². The summed E-state index contributed by atoms with van der Waals surface area (Å²) in [7, 11) is -3.57. The first kappa shape index (κ1) is 12.3. The topological polar surface area (TPSA) is 49.4 Å². The third-order valence-corrected chi connectivity index (χ3v) is 4.65. The van der Waals surface area contributed by atoms with Crippen LogP contribution in [-0.2, 0) is 10.0 Å². The summed E-state index contributed by atoms with van der Waals surface area (Å²) in [5.74, 6) is -0.535. The van der Waals surface area contributed by atoms with Crippen molar-refractivity contribution >= 4 is 15.7 Å². The van der Waals surface area contributed by atoms with Crippen molar-refractivity contribution in [2.24, 2.45) is 0 Å². The standard InChI is InChI=1S/C11H15FN2O2S/c1-2-6-14-7-5-13-10-4-3-9(12)8-11(10)17(14,15)16/h3-4,8,13H,2,5-7H2,1H3. The molecule has 1 aromatic carbocycles. The zero-order valence-corrected chi connectivity index (χ0v) is 10.4. The maximum absolute atomic E-state index is 13.2. The second-order valence-electron chi connectivity index (χ2n) is 3.97. The third-order valence-electron chi connectivity index (χ3n) is 2.71. The molecule has 1 aliphatic rings. The van der Waals surface area contributed by atoms with E-state index in [-0.39, 0.29) is 4.90 Å². The number of fused-ring (bicyclic) bond motifs is 1. The fourth-order valence-corrected chi connectivity index (χ4v) is 3.62. The van der Waals surface area contributed by atoms with Crippen molar-refractivity contribution in [3.63, 3.8) is 0 Å². The van der Waals surface area contributed by atoms with Gasteiger partial charge in [0.15, 0.2) is 0 Å². The molecule has 0 radical (unpaired) electrons. The number of hydrogen-bond donors (Lipinski definition) is 1. The molecule has 1 N–H and O–H groups in total. The van der Waals surface area contributed by atoms with Crippen molar-refractivity contribution in [2.45, 2.75) is 18.2 Å². The SMILES string of the molecule is CCCN1CCNc2ccc(F)cc2S1(=O)=O. The van der Waals surface area contributed by atoms with Crippen molar-refractivity contribution in [3.8, 4) is 0 Å². The molecule has 0 saturated carbocycles. The minimum absolute atomic E-state index is 0.0310. The molecule has 0 unspecified atom stereocenters. The first-order chi connectivity index (χ1) is 8.05. The number of benzene rings is 1. The zero-order valence-electron chi connectivity index (χ0n) is 9.61. The minimum Gasteiger partial charge on any atom is -0.383 e. The average molecular weight is 258 g/mol. The molecule has 1 aromatic rings. The summed E-state index contributed by atoms with van der Waals surface area (Å²) in [5, 5.41) is 3.01. The minimum atomic E-state index is -3.57. The molecule has 0 aliphatic carbocycles. The molecule has 1 heterocycles. The van der Waals surface area contributed by atoms with Gasteiger partial charge in [-0.3, -0.25) is 0 Å². The van der Waals surface area contributed by atoms with Gasteiger partial charge in [0.1, 0.15) is 10.7 Å². The van der Waals surface area contributed by atoms with E-state index in [9.17, 15) is 12.8 Å². The van der Waals surface area contributed by atoms with E-state index in [0.717, 1.165) is 12.5 Å². The fraction of sp³-hybridized carbons (Fsp3) is 0.455. The van der Waals surface area contributed by atoms with E-state index in [1.54, 1.807) is 0 Å². The van der Waals surface area contributed by atoms with Crippen molar-refractivity contribution in [1.82, 2.24) is 4.31 Å². The molecule has 4 nitrogen and oxygen atoms in total. The average Bonchev–Trinajstić information content (AvgIpc) is 2.39. The molecule has 0 amide bonds. The molecule has 0 fully saturated rings. The highest BCUT2D eigenvalue weighted by atomic mass is 32.2. The summed E-state index contributed by atoms with van der Waals surface area (Å²) in [6.07, 6.45) is 0.740. The van der Waals surface area contributed by atoms with Gasteiger partial charge in [-0.05, 0) is 24.6 Å². The van der Waals surface area contributed by atoms with Gasteiger partial charge in [-0.15, -0.1) is 0 Å². The molecule has 2 rings (SSSR count). The van der Waals surface area contributed by atoms with Crippen LogP contribution in [0.5, 0.6) is 0 Å². The maximum atomic E-state index is 13.2. The van der Waals surface area contributed by atoms with E-state index < -0.39 is 15.8 Å². The number of sulfonamides is 1. The number of hydrogen-bond acceptors (Lipinski definition) is 3. The van der Waals surface area contributed by atoms with Crippen LogP contribution in [0.15, 0.2) is 23.1 Å². The smallest absolute Gasteiger partial charge is 0.245 e. The van der Waals surface area contributed by atoms with Gasteiger partial charge in [-0.25, -0.2) is 12.8 Å². The van der Waals surface area contributed by atoms with Gasteiger partial charge in [0.25, 0.3) is 0 Å². The highest BCUT2D eigenvalue weighted by molar-refractivity contribution is 7.89. The van der Waals surface area contributed by atoms with Gasteiger partial charge in [0.05, 0.1) is 5.69 Å². The van der Waals surface area contributed by atoms with Gasteiger partial charge in [0.2, 0.25) is 10.0 Å². The quantitative estimate of drug-likeness (QED) is 0.877. The Balaban J connectivity index is 2.52.